The maximum atomic E-state index is 14.0. The van der Waals surface area contributed by atoms with Crippen LogP contribution in [0.3, 0.4) is 0 Å². The Kier molecular flexibility index (Phi) is 5.37. The summed E-state index contributed by atoms with van der Waals surface area (Å²) in [6.45, 7) is 4.57. The van der Waals surface area contributed by atoms with Crippen molar-refractivity contribution < 1.29 is 13.9 Å². The highest BCUT2D eigenvalue weighted by atomic mass is 19.1. The second-order valence-electron chi connectivity index (χ2n) is 8.91. The zero-order valence-electron chi connectivity index (χ0n) is 18.2. The Labute approximate surface area is 187 Å². The Morgan fingerprint density at radius 3 is 2.56 bits per heavy atom. The number of halogens is 1. The highest BCUT2D eigenvalue weighted by molar-refractivity contribution is 6.01. The minimum Gasteiger partial charge on any atom is -0.491 e. The number of aromatic nitrogens is 2. The van der Waals surface area contributed by atoms with Crippen LogP contribution in [0.1, 0.15) is 35.7 Å². The number of piperidine rings is 2. The van der Waals surface area contributed by atoms with Gasteiger partial charge in [0, 0.05) is 24.0 Å². The fourth-order valence-electron chi connectivity index (χ4n) is 4.99. The van der Waals surface area contributed by atoms with Crippen LogP contribution in [0.15, 0.2) is 60.9 Å². The molecular formula is C26H26FN3O2. The smallest absolute Gasteiger partial charge is 0.255 e. The van der Waals surface area contributed by atoms with Crippen molar-refractivity contribution in [2.45, 2.75) is 38.8 Å². The van der Waals surface area contributed by atoms with Gasteiger partial charge in [-0.3, -0.25) is 4.79 Å². The van der Waals surface area contributed by atoms with Crippen molar-refractivity contribution in [3.05, 3.63) is 77.9 Å². The molecule has 3 aromatic rings. The lowest BCUT2D eigenvalue weighted by Gasteiger charge is -2.57. The van der Waals surface area contributed by atoms with Crippen LogP contribution in [0.4, 0.5) is 4.39 Å². The first-order chi connectivity index (χ1) is 15.5. The fraction of sp³-hybridized carbons (Fsp3) is 0.346. The molecule has 0 unspecified atom stereocenters. The lowest BCUT2D eigenvalue weighted by atomic mass is 9.64. The molecule has 32 heavy (non-hydrogen) atoms. The third-order valence-electron chi connectivity index (χ3n) is 6.93. The van der Waals surface area contributed by atoms with E-state index in [9.17, 15) is 9.18 Å². The number of nitrogens with zero attached hydrogens (tertiary/aromatic N) is 3. The van der Waals surface area contributed by atoms with E-state index in [1.807, 2.05) is 30.0 Å². The van der Waals surface area contributed by atoms with Crippen molar-refractivity contribution in [3.8, 4) is 17.1 Å². The predicted octanol–water partition coefficient (Wildman–Crippen LogP) is 4.91. The summed E-state index contributed by atoms with van der Waals surface area (Å²) in [5, 5.41) is 0. The lowest BCUT2D eigenvalue weighted by Crippen LogP contribution is -2.64. The normalized spacial score (nSPS) is 24.0. The summed E-state index contributed by atoms with van der Waals surface area (Å²) in [4.78, 5) is 24.7. The molecule has 2 aromatic carbocycles. The van der Waals surface area contributed by atoms with Gasteiger partial charge in [-0.1, -0.05) is 24.6 Å². The summed E-state index contributed by atoms with van der Waals surface area (Å²) in [5.41, 5.74) is 2.39. The van der Waals surface area contributed by atoms with Gasteiger partial charge in [0.25, 0.3) is 5.91 Å². The molecule has 2 saturated heterocycles. The molecule has 1 aromatic heterocycles. The SMILES string of the molecule is Cc1ccc(-c2ncccn2)c(C(=O)N2C3CC(C3)[C@@H](C)[C@H]2COc2ccc(F)cc2)c1. The van der Waals surface area contributed by atoms with E-state index in [0.29, 0.717) is 35.6 Å². The summed E-state index contributed by atoms with van der Waals surface area (Å²) in [6, 6.07) is 13.8. The average molecular weight is 432 g/mol. The quantitative estimate of drug-likeness (QED) is 0.576. The van der Waals surface area contributed by atoms with Gasteiger partial charge >= 0.3 is 0 Å². The monoisotopic (exact) mass is 431 g/mol. The van der Waals surface area contributed by atoms with Crippen molar-refractivity contribution in [2.75, 3.05) is 6.61 Å². The molecule has 3 fully saturated rings. The van der Waals surface area contributed by atoms with Gasteiger partial charge in [0.05, 0.1) is 11.6 Å². The summed E-state index contributed by atoms with van der Waals surface area (Å²) in [7, 11) is 0. The number of carbonyl (C=O) groups is 1. The molecule has 2 bridgehead atoms. The number of ether oxygens (including phenoxy) is 1. The first kappa shape index (κ1) is 20.6. The zero-order chi connectivity index (χ0) is 22.2. The summed E-state index contributed by atoms with van der Waals surface area (Å²) in [6.07, 6.45) is 5.44. The van der Waals surface area contributed by atoms with E-state index in [2.05, 4.69) is 16.9 Å². The number of aryl methyl sites for hydroxylation is 1. The van der Waals surface area contributed by atoms with Crippen LogP contribution in [0.25, 0.3) is 11.4 Å². The number of amides is 1. The molecule has 164 valence electrons. The molecule has 0 N–H and O–H groups in total. The topological polar surface area (TPSA) is 55.3 Å². The van der Waals surface area contributed by atoms with Crippen molar-refractivity contribution >= 4 is 5.91 Å². The van der Waals surface area contributed by atoms with Gasteiger partial charge < -0.3 is 9.64 Å². The number of benzene rings is 2. The second kappa shape index (κ2) is 8.34. The molecule has 1 saturated carbocycles. The Balaban J connectivity index is 1.46. The fourth-order valence-corrected chi connectivity index (χ4v) is 4.99. The largest absolute Gasteiger partial charge is 0.491 e. The van der Waals surface area contributed by atoms with Gasteiger partial charge in [-0.2, -0.15) is 0 Å². The summed E-state index contributed by atoms with van der Waals surface area (Å²) in [5.74, 6) is 1.80. The maximum Gasteiger partial charge on any atom is 0.255 e. The average Bonchev–Trinajstić information content (AvgIpc) is 2.78. The molecule has 1 amide bonds. The minimum absolute atomic E-state index is 0.00106. The Bertz CT molecular complexity index is 1110. The van der Waals surface area contributed by atoms with Gasteiger partial charge in [0.15, 0.2) is 5.82 Å². The molecule has 0 spiro atoms. The molecule has 6 heteroatoms. The molecule has 2 atom stereocenters. The molecule has 6 rings (SSSR count). The third-order valence-corrected chi connectivity index (χ3v) is 6.93. The predicted molar refractivity (Wildman–Crippen MR) is 120 cm³/mol. The number of hydrogen-bond donors (Lipinski definition) is 0. The van der Waals surface area contributed by atoms with E-state index < -0.39 is 0 Å². The molecule has 0 radical (unpaired) electrons. The lowest BCUT2D eigenvalue weighted by molar-refractivity contribution is -0.0670. The van der Waals surface area contributed by atoms with Crippen LogP contribution < -0.4 is 4.74 Å². The van der Waals surface area contributed by atoms with E-state index in [1.165, 1.54) is 12.1 Å². The molecular weight excluding hydrogens is 405 g/mol. The number of rotatable bonds is 5. The Hall–Kier alpha value is -3.28. The van der Waals surface area contributed by atoms with Crippen LogP contribution in [-0.2, 0) is 0 Å². The molecule has 3 aliphatic rings. The van der Waals surface area contributed by atoms with E-state index in [1.54, 1.807) is 30.6 Å². The van der Waals surface area contributed by atoms with Crippen LogP contribution in [-0.4, -0.2) is 39.5 Å². The number of carbonyl (C=O) groups excluding carboxylic acids is 1. The van der Waals surface area contributed by atoms with Crippen LogP contribution in [0.2, 0.25) is 0 Å². The van der Waals surface area contributed by atoms with E-state index in [0.717, 1.165) is 24.0 Å². The highest BCUT2D eigenvalue weighted by Crippen LogP contribution is 2.47. The minimum atomic E-state index is -0.295. The van der Waals surface area contributed by atoms with Gasteiger partial charge in [0.1, 0.15) is 18.2 Å². The summed E-state index contributed by atoms with van der Waals surface area (Å²) >= 11 is 0. The van der Waals surface area contributed by atoms with E-state index in [-0.39, 0.29) is 23.8 Å². The first-order valence-corrected chi connectivity index (χ1v) is 11.1. The Morgan fingerprint density at radius 1 is 1.12 bits per heavy atom. The van der Waals surface area contributed by atoms with Gasteiger partial charge in [-0.05, 0) is 68.0 Å². The zero-order valence-corrected chi connectivity index (χ0v) is 18.2. The standard InChI is InChI=1S/C26H26FN3O2/c1-16-4-9-22(25-28-10-3-11-29-25)23(12-16)26(31)30-20-13-18(14-20)17(2)24(30)15-32-21-7-5-19(27)6-8-21/h3-12,17-18,20,24H,13-15H2,1-2H3/t17-,18?,20?,24-/m1/s1. The number of fused-ring (bicyclic) bond motifs is 2. The van der Waals surface area contributed by atoms with Crippen LogP contribution in [0.5, 0.6) is 5.75 Å². The van der Waals surface area contributed by atoms with Crippen LogP contribution in [0, 0.1) is 24.6 Å². The first-order valence-electron chi connectivity index (χ1n) is 11.1. The van der Waals surface area contributed by atoms with Gasteiger partial charge in [0.2, 0.25) is 0 Å². The van der Waals surface area contributed by atoms with Gasteiger partial charge in [-0.15, -0.1) is 0 Å². The molecule has 5 nitrogen and oxygen atoms in total. The van der Waals surface area contributed by atoms with E-state index in [4.69, 9.17) is 4.74 Å². The number of hydrogen-bond acceptors (Lipinski definition) is 4. The molecule has 2 aliphatic heterocycles. The van der Waals surface area contributed by atoms with Crippen LogP contribution >= 0.6 is 0 Å². The highest BCUT2D eigenvalue weighted by Gasteiger charge is 2.51. The molecule has 1 aliphatic carbocycles. The van der Waals surface area contributed by atoms with Crippen molar-refractivity contribution in [3.63, 3.8) is 0 Å². The van der Waals surface area contributed by atoms with Crippen molar-refractivity contribution in [1.82, 2.24) is 14.9 Å². The van der Waals surface area contributed by atoms with Crippen molar-refractivity contribution in [1.29, 1.82) is 0 Å². The van der Waals surface area contributed by atoms with Gasteiger partial charge in [-0.25, -0.2) is 14.4 Å². The second-order valence-corrected chi connectivity index (χ2v) is 8.91. The third kappa shape index (κ3) is 3.74. The summed E-state index contributed by atoms with van der Waals surface area (Å²) < 4.78 is 19.3. The Morgan fingerprint density at radius 2 is 1.84 bits per heavy atom. The molecule has 3 heterocycles. The van der Waals surface area contributed by atoms with Crippen molar-refractivity contribution in [2.24, 2.45) is 11.8 Å². The maximum absolute atomic E-state index is 14.0. The van der Waals surface area contributed by atoms with E-state index >= 15 is 0 Å².